The third-order valence-electron chi connectivity index (χ3n) is 7.28. The number of fused-ring (bicyclic) bond motifs is 1. The molecule has 7 aromatic heterocycles. The first kappa shape index (κ1) is 30.1. The lowest BCUT2D eigenvalue weighted by Crippen LogP contribution is -1.81. The monoisotopic (exact) mass is 730 g/mol. The van der Waals surface area contributed by atoms with Crippen LogP contribution in [0.25, 0.3) is 74.7 Å². The number of hydrogen-bond acceptors (Lipinski definition) is 11. The molecule has 0 saturated carbocycles. The maximum atomic E-state index is 9.66. The van der Waals surface area contributed by atoms with E-state index >= 15 is 0 Å². The van der Waals surface area contributed by atoms with E-state index in [0.717, 1.165) is 51.4 Å². The molecule has 224 valence electrons. The molecule has 0 unspecified atom stereocenters. The van der Waals surface area contributed by atoms with Gasteiger partial charge in [-0.3, -0.25) is 0 Å². The van der Waals surface area contributed by atoms with Crippen LogP contribution in [-0.2, 0) is 0 Å². The summed E-state index contributed by atoms with van der Waals surface area (Å²) in [5.41, 5.74) is 5.38. The quantitative estimate of drug-likeness (QED) is 0.146. The highest BCUT2D eigenvalue weighted by atomic mass is 32.1. The Balaban J connectivity index is 1.05. The van der Waals surface area contributed by atoms with Crippen LogP contribution in [0.3, 0.4) is 0 Å². The predicted octanol–water partition coefficient (Wildman–Crippen LogP) is 12.9. The largest absolute Gasteiger partial charge is 0.192 e. The van der Waals surface area contributed by atoms with E-state index in [2.05, 4.69) is 72.8 Å². The van der Waals surface area contributed by atoms with Crippen LogP contribution < -0.4 is 0 Å². The summed E-state index contributed by atoms with van der Waals surface area (Å²) >= 11 is 11.3. The van der Waals surface area contributed by atoms with Gasteiger partial charge >= 0.3 is 0 Å². The van der Waals surface area contributed by atoms with Crippen molar-refractivity contribution in [3.63, 3.8) is 0 Å². The number of thiophene rings is 6. The summed E-state index contributed by atoms with van der Waals surface area (Å²) < 4.78 is 9.47. The van der Waals surface area contributed by atoms with E-state index < -0.39 is 0 Å². The zero-order valence-corrected chi connectivity index (χ0v) is 29.8. The molecule has 0 bridgehead atoms. The van der Waals surface area contributed by atoms with Crippen molar-refractivity contribution >= 4 is 114 Å². The molecule has 0 amide bonds. The summed E-state index contributed by atoms with van der Waals surface area (Å²) in [6, 6.07) is 34.0. The third-order valence-corrected chi connectivity index (χ3v) is 14.3. The van der Waals surface area contributed by atoms with Crippen LogP contribution in [0.1, 0.15) is 19.5 Å². The zero-order chi connectivity index (χ0) is 31.7. The van der Waals surface area contributed by atoms with Crippen LogP contribution in [0.4, 0.5) is 0 Å². The fraction of sp³-hybridized carbons (Fsp3) is 0. The van der Waals surface area contributed by atoms with Crippen LogP contribution in [0.2, 0.25) is 0 Å². The molecule has 8 aromatic rings. The van der Waals surface area contributed by atoms with Crippen LogP contribution in [0.15, 0.2) is 95.7 Å². The fourth-order valence-electron chi connectivity index (χ4n) is 5.09. The van der Waals surface area contributed by atoms with Gasteiger partial charge in [0.2, 0.25) is 0 Å². The molecule has 0 aliphatic carbocycles. The zero-order valence-electron chi connectivity index (χ0n) is 24.0. The normalized spacial score (nSPS) is 12.0. The molecule has 47 heavy (non-hydrogen) atoms. The van der Waals surface area contributed by atoms with Crippen molar-refractivity contribution in [1.82, 2.24) is 8.75 Å². The summed E-state index contributed by atoms with van der Waals surface area (Å²) in [7, 11) is 0. The summed E-state index contributed by atoms with van der Waals surface area (Å²) in [4.78, 5) is 11.1. The Bertz CT molecular complexity index is 2320. The lowest BCUT2D eigenvalue weighted by Gasteiger charge is -2.03. The lowest BCUT2D eigenvalue weighted by atomic mass is 10.1. The average molecular weight is 731 g/mol. The van der Waals surface area contributed by atoms with E-state index in [-0.39, 0.29) is 0 Å². The van der Waals surface area contributed by atoms with Gasteiger partial charge in [-0.1, -0.05) is 24.3 Å². The Labute approximate surface area is 298 Å². The van der Waals surface area contributed by atoms with Gasteiger partial charge in [-0.25, -0.2) is 0 Å². The Kier molecular flexibility index (Phi) is 8.36. The van der Waals surface area contributed by atoms with E-state index in [1.54, 1.807) is 68.0 Å². The number of rotatable bonds is 8. The van der Waals surface area contributed by atoms with Crippen LogP contribution in [0, 0.1) is 22.7 Å². The minimum absolute atomic E-state index is 0.688. The molecule has 0 atom stereocenters. The molecule has 11 heteroatoms. The molecule has 0 N–H and O–H groups in total. The molecule has 1 aromatic carbocycles. The van der Waals surface area contributed by atoms with Crippen molar-refractivity contribution in [3.8, 4) is 52.5 Å². The van der Waals surface area contributed by atoms with Crippen molar-refractivity contribution in [3.05, 3.63) is 115 Å². The van der Waals surface area contributed by atoms with Gasteiger partial charge in [-0.05, 0) is 83.6 Å². The molecule has 8 rings (SSSR count). The van der Waals surface area contributed by atoms with Crippen molar-refractivity contribution in [2.45, 2.75) is 0 Å². The number of nitriles is 2. The highest BCUT2D eigenvalue weighted by Crippen LogP contribution is 2.44. The highest BCUT2D eigenvalue weighted by molar-refractivity contribution is 7.25. The smallest absolute Gasteiger partial charge is 0.114 e. The molecule has 0 radical (unpaired) electrons. The van der Waals surface area contributed by atoms with Crippen LogP contribution in [-0.4, -0.2) is 8.75 Å². The lowest BCUT2D eigenvalue weighted by molar-refractivity contribution is 1.54. The third kappa shape index (κ3) is 6.00. The molecule has 7 heterocycles. The second-order valence-corrected chi connectivity index (χ2v) is 17.0. The first-order chi connectivity index (χ1) is 23.2. The first-order valence-electron chi connectivity index (χ1n) is 14.1. The van der Waals surface area contributed by atoms with Gasteiger partial charge in [0.05, 0.1) is 22.9 Å². The molecule has 0 aliphatic heterocycles. The molecule has 4 nitrogen and oxygen atoms in total. The summed E-state index contributed by atoms with van der Waals surface area (Å²) in [6.45, 7) is 0. The molecule has 0 spiro atoms. The van der Waals surface area contributed by atoms with Gasteiger partial charge in [-0.2, -0.15) is 19.3 Å². The second-order valence-electron chi connectivity index (χ2n) is 10.1. The van der Waals surface area contributed by atoms with Crippen LogP contribution in [0.5, 0.6) is 0 Å². The molecule has 0 saturated heterocycles. The average Bonchev–Trinajstić information content (AvgIpc) is 3.92. The Morgan fingerprint density at radius 2 is 0.936 bits per heavy atom. The maximum Gasteiger partial charge on any atom is 0.114 e. The summed E-state index contributed by atoms with van der Waals surface area (Å²) in [5, 5.41) is 23.3. The Morgan fingerprint density at radius 3 is 1.36 bits per heavy atom. The number of allylic oxidation sites excluding steroid dienone is 2. The molecular weight excluding hydrogens is 713 g/mol. The van der Waals surface area contributed by atoms with Gasteiger partial charge in [0.15, 0.2) is 0 Å². The van der Waals surface area contributed by atoms with Crippen LogP contribution >= 0.6 is 79.7 Å². The van der Waals surface area contributed by atoms with Gasteiger partial charge in [0.1, 0.15) is 23.2 Å². The standard InChI is InChI=1S/C36H18N4S7/c37-19-21(27-3-1-15-41-27)17-23-5-9-31(43-23)33-13-11-29(45-33)25-7-8-26(36-35(25)39-47-40-36)30-12-14-34(46-30)32-10-6-24(44-32)18-22(20-38)28-4-2-16-42-28/h1-18H. The maximum absolute atomic E-state index is 9.66. The van der Waals surface area contributed by atoms with Gasteiger partial charge in [-0.15, -0.1) is 68.0 Å². The first-order valence-corrected chi connectivity index (χ1v) is 19.9. The SMILES string of the molecule is N#CC(=Cc1ccc(-c2ccc(-c3ccc(-c4ccc(-c5ccc(C=C(C#N)c6cccs6)s5)s4)c4nsnc34)s2)s1)c1cccs1. The van der Waals surface area contributed by atoms with E-state index in [0.29, 0.717) is 11.1 Å². The van der Waals surface area contributed by atoms with Gasteiger partial charge in [0, 0.05) is 59.9 Å². The Hall–Kier alpha value is -4.30. The van der Waals surface area contributed by atoms with Crippen molar-refractivity contribution in [1.29, 1.82) is 10.5 Å². The number of nitrogens with zero attached hydrogens (tertiary/aromatic N) is 4. The van der Waals surface area contributed by atoms with E-state index in [1.165, 1.54) is 31.2 Å². The molecule has 0 aliphatic rings. The topological polar surface area (TPSA) is 73.4 Å². The van der Waals surface area contributed by atoms with Crippen molar-refractivity contribution in [2.75, 3.05) is 0 Å². The highest BCUT2D eigenvalue weighted by Gasteiger charge is 2.18. The molecule has 0 fully saturated rings. The van der Waals surface area contributed by atoms with Gasteiger partial charge in [0.25, 0.3) is 0 Å². The summed E-state index contributed by atoms with van der Waals surface area (Å²) in [5.74, 6) is 0. The summed E-state index contributed by atoms with van der Waals surface area (Å²) in [6.07, 6.45) is 3.94. The van der Waals surface area contributed by atoms with E-state index in [4.69, 9.17) is 8.75 Å². The van der Waals surface area contributed by atoms with E-state index in [1.807, 2.05) is 47.2 Å². The van der Waals surface area contributed by atoms with Crippen molar-refractivity contribution in [2.24, 2.45) is 0 Å². The molecular formula is C36H18N4S7. The number of aromatic nitrogens is 2. The number of benzene rings is 1. The second kappa shape index (κ2) is 13.1. The van der Waals surface area contributed by atoms with Gasteiger partial charge < -0.3 is 0 Å². The van der Waals surface area contributed by atoms with Crippen molar-refractivity contribution < 1.29 is 0 Å². The number of hydrogen-bond donors (Lipinski definition) is 0. The Morgan fingerprint density at radius 1 is 0.511 bits per heavy atom. The van der Waals surface area contributed by atoms with E-state index in [9.17, 15) is 10.5 Å². The minimum atomic E-state index is 0.688. The minimum Gasteiger partial charge on any atom is -0.192 e. The predicted molar refractivity (Wildman–Crippen MR) is 206 cm³/mol. The fourth-order valence-corrected chi connectivity index (χ4v) is 11.2.